The van der Waals surface area contributed by atoms with E-state index in [1.54, 1.807) is 29.3 Å². The molecule has 0 spiro atoms. The van der Waals surface area contributed by atoms with E-state index in [0.29, 0.717) is 16.4 Å². The Labute approximate surface area is 210 Å². The minimum atomic E-state index is -3.91. The van der Waals surface area contributed by atoms with Crippen LogP contribution in [-0.2, 0) is 16.6 Å². The second kappa shape index (κ2) is 9.84. The third kappa shape index (κ3) is 5.09. The summed E-state index contributed by atoms with van der Waals surface area (Å²) in [5, 5.41) is 0.535. The molecule has 0 saturated carbocycles. The smallest absolute Gasteiger partial charge is 0.261 e. The van der Waals surface area contributed by atoms with Crippen LogP contribution in [0.1, 0.15) is 16.1 Å². The molecule has 5 aromatic rings. The number of halogens is 1. The molecule has 0 aliphatic rings. The number of anilines is 2. The van der Waals surface area contributed by atoms with Crippen molar-refractivity contribution in [3.63, 3.8) is 0 Å². The van der Waals surface area contributed by atoms with Gasteiger partial charge in [-0.25, -0.2) is 17.8 Å². The molecule has 1 N–H and O–H groups in total. The quantitative estimate of drug-likeness (QED) is 0.308. The molecule has 36 heavy (non-hydrogen) atoms. The van der Waals surface area contributed by atoms with Crippen molar-refractivity contribution < 1.29 is 17.6 Å². The predicted molar refractivity (Wildman–Crippen MR) is 138 cm³/mol. The lowest BCUT2D eigenvalue weighted by Gasteiger charge is -2.20. The zero-order valence-electron chi connectivity index (χ0n) is 18.7. The number of fused-ring (bicyclic) bond motifs is 1. The highest BCUT2D eigenvalue weighted by Crippen LogP contribution is 2.30. The second-order valence-corrected chi connectivity index (χ2v) is 10.5. The van der Waals surface area contributed by atoms with Crippen molar-refractivity contribution in [2.45, 2.75) is 11.4 Å². The fraction of sp³-hybridized carbons (Fsp3) is 0.0385. The van der Waals surface area contributed by atoms with Crippen LogP contribution < -0.4 is 9.62 Å². The average Bonchev–Trinajstić information content (AvgIpc) is 3.32. The molecule has 0 radical (unpaired) electrons. The highest BCUT2D eigenvalue weighted by Gasteiger charge is 2.23. The van der Waals surface area contributed by atoms with Crippen molar-refractivity contribution in [2.24, 2.45) is 0 Å². The molecule has 0 aliphatic carbocycles. The number of nitrogens with zero attached hydrogens (tertiary/aromatic N) is 3. The molecule has 0 saturated heterocycles. The van der Waals surface area contributed by atoms with E-state index in [1.165, 1.54) is 35.6 Å². The molecule has 10 heteroatoms. The first-order valence-corrected chi connectivity index (χ1v) is 13.1. The van der Waals surface area contributed by atoms with Crippen molar-refractivity contribution in [1.82, 2.24) is 9.97 Å². The van der Waals surface area contributed by atoms with Gasteiger partial charge in [0.2, 0.25) is 0 Å². The Morgan fingerprint density at radius 2 is 1.64 bits per heavy atom. The fourth-order valence-corrected chi connectivity index (χ4v) is 5.54. The maximum absolute atomic E-state index is 13.6. The topological polar surface area (TPSA) is 92.3 Å². The predicted octanol–water partition coefficient (Wildman–Crippen LogP) is 5.48. The Morgan fingerprint density at radius 3 is 2.33 bits per heavy atom. The third-order valence-electron chi connectivity index (χ3n) is 5.31. The first-order valence-electron chi connectivity index (χ1n) is 10.8. The zero-order chi connectivity index (χ0) is 25.1. The summed E-state index contributed by atoms with van der Waals surface area (Å²) in [5.41, 5.74) is 2.12. The lowest BCUT2D eigenvalue weighted by atomic mass is 10.2. The van der Waals surface area contributed by atoms with Gasteiger partial charge in [0.15, 0.2) is 5.13 Å². The molecule has 180 valence electrons. The molecule has 0 aliphatic heterocycles. The van der Waals surface area contributed by atoms with Crippen LogP contribution in [0.3, 0.4) is 0 Å². The van der Waals surface area contributed by atoms with Crippen molar-refractivity contribution >= 4 is 48.3 Å². The number of rotatable bonds is 7. The van der Waals surface area contributed by atoms with Crippen LogP contribution in [0.15, 0.2) is 102 Å². The van der Waals surface area contributed by atoms with Crippen LogP contribution in [0, 0.1) is 5.82 Å². The van der Waals surface area contributed by atoms with E-state index in [9.17, 15) is 17.6 Å². The number of sulfonamides is 1. The van der Waals surface area contributed by atoms with Gasteiger partial charge in [-0.05, 0) is 72.8 Å². The van der Waals surface area contributed by atoms with Crippen LogP contribution in [-0.4, -0.2) is 24.3 Å². The minimum Gasteiger partial charge on any atom is -0.280 e. The van der Waals surface area contributed by atoms with Gasteiger partial charge >= 0.3 is 0 Å². The van der Waals surface area contributed by atoms with Crippen molar-refractivity contribution in [3.8, 4) is 0 Å². The number of aromatic nitrogens is 2. The van der Waals surface area contributed by atoms with Gasteiger partial charge in [-0.3, -0.25) is 19.4 Å². The number of nitrogens with one attached hydrogen (secondary N) is 1. The number of para-hydroxylation sites is 1. The molecule has 7 nitrogen and oxygen atoms in total. The molecule has 2 heterocycles. The van der Waals surface area contributed by atoms with Gasteiger partial charge in [0.25, 0.3) is 15.9 Å². The number of carbonyl (C=O) groups excluding carboxylic acids is 1. The lowest BCUT2D eigenvalue weighted by Crippen LogP contribution is -2.30. The summed E-state index contributed by atoms with van der Waals surface area (Å²) >= 11 is 1.41. The average molecular weight is 519 g/mol. The fourth-order valence-electron chi connectivity index (χ4n) is 3.52. The molecular weight excluding hydrogens is 499 g/mol. The highest BCUT2D eigenvalue weighted by molar-refractivity contribution is 7.92. The standard InChI is InChI=1S/C26H19FN4O3S2/c27-19-10-14-22(15-11-19)36(33,34)30-20-12-8-18(9-13-20)25(32)31(17-21-5-3-4-16-28-21)26-29-23-6-1-2-7-24(23)35-26/h1-16,30H,17H2. The van der Waals surface area contributed by atoms with Crippen LogP contribution in [0.4, 0.5) is 15.2 Å². The maximum Gasteiger partial charge on any atom is 0.261 e. The van der Waals surface area contributed by atoms with Gasteiger partial charge < -0.3 is 0 Å². The van der Waals surface area contributed by atoms with E-state index in [1.807, 2.05) is 36.4 Å². The number of hydrogen-bond acceptors (Lipinski definition) is 6. The number of benzene rings is 3. The Hall–Kier alpha value is -4.15. The second-order valence-electron chi connectivity index (χ2n) is 7.81. The lowest BCUT2D eigenvalue weighted by molar-refractivity contribution is 0.0985. The minimum absolute atomic E-state index is 0.0681. The molecular formula is C26H19FN4O3S2. The van der Waals surface area contributed by atoms with E-state index >= 15 is 0 Å². The molecule has 0 unspecified atom stereocenters. The van der Waals surface area contributed by atoms with Crippen molar-refractivity contribution in [3.05, 3.63) is 114 Å². The number of pyridine rings is 1. The largest absolute Gasteiger partial charge is 0.280 e. The van der Waals surface area contributed by atoms with Gasteiger partial charge in [0.05, 0.1) is 27.4 Å². The molecule has 0 atom stereocenters. The van der Waals surface area contributed by atoms with Crippen molar-refractivity contribution in [1.29, 1.82) is 0 Å². The SMILES string of the molecule is O=C(c1ccc(NS(=O)(=O)c2ccc(F)cc2)cc1)N(Cc1ccccn1)c1nc2ccccc2s1. The summed E-state index contributed by atoms with van der Waals surface area (Å²) in [6.07, 6.45) is 1.67. The van der Waals surface area contributed by atoms with E-state index in [0.717, 1.165) is 22.3 Å². The van der Waals surface area contributed by atoms with E-state index in [-0.39, 0.29) is 23.0 Å². The molecule has 1 amide bonds. The Bertz CT molecular complexity index is 1590. The molecule has 2 aromatic heterocycles. The van der Waals surface area contributed by atoms with Crippen LogP contribution in [0.25, 0.3) is 10.2 Å². The Morgan fingerprint density at radius 1 is 0.917 bits per heavy atom. The van der Waals surface area contributed by atoms with Crippen LogP contribution in [0.2, 0.25) is 0 Å². The summed E-state index contributed by atoms with van der Waals surface area (Å²) in [4.78, 5) is 24.0. The van der Waals surface area contributed by atoms with Crippen LogP contribution >= 0.6 is 11.3 Å². The van der Waals surface area contributed by atoms with Gasteiger partial charge in [-0.2, -0.15) is 0 Å². The number of hydrogen-bond donors (Lipinski definition) is 1. The molecule has 3 aromatic carbocycles. The summed E-state index contributed by atoms with van der Waals surface area (Å²) in [6, 6.07) is 23.8. The number of carbonyl (C=O) groups is 1. The summed E-state index contributed by atoms with van der Waals surface area (Å²) in [5.74, 6) is -0.826. The number of amides is 1. The monoisotopic (exact) mass is 518 g/mol. The van der Waals surface area contributed by atoms with E-state index < -0.39 is 15.8 Å². The summed E-state index contributed by atoms with van der Waals surface area (Å²) < 4.78 is 41.7. The van der Waals surface area contributed by atoms with Gasteiger partial charge in [0, 0.05) is 17.4 Å². The summed E-state index contributed by atoms with van der Waals surface area (Å²) in [6.45, 7) is 0.221. The maximum atomic E-state index is 13.6. The third-order valence-corrected chi connectivity index (χ3v) is 7.77. The van der Waals surface area contributed by atoms with Gasteiger partial charge in [-0.1, -0.05) is 29.5 Å². The van der Waals surface area contributed by atoms with E-state index in [2.05, 4.69) is 14.7 Å². The summed E-state index contributed by atoms with van der Waals surface area (Å²) in [7, 11) is -3.91. The van der Waals surface area contributed by atoms with Gasteiger partial charge in [-0.15, -0.1) is 0 Å². The van der Waals surface area contributed by atoms with Crippen molar-refractivity contribution in [2.75, 3.05) is 9.62 Å². The van der Waals surface area contributed by atoms with E-state index in [4.69, 9.17) is 0 Å². The van der Waals surface area contributed by atoms with Gasteiger partial charge in [0.1, 0.15) is 5.82 Å². The molecule has 5 rings (SSSR count). The zero-order valence-corrected chi connectivity index (χ0v) is 20.3. The Balaban J connectivity index is 1.42. The molecule has 0 bridgehead atoms. The Kier molecular flexibility index (Phi) is 6.45. The van der Waals surface area contributed by atoms with Crippen LogP contribution in [0.5, 0.6) is 0 Å². The first kappa shape index (κ1) is 23.6. The highest BCUT2D eigenvalue weighted by atomic mass is 32.2. The normalized spacial score (nSPS) is 11.4. The first-order chi connectivity index (χ1) is 17.4. The molecule has 0 fully saturated rings. The number of thiazole rings is 1.